The number of aromatic nitrogens is 2. The minimum Gasteiger partial charge on any atom is -0.488 e. The lowest BCUT2D eigenvalue weighted by molar-refractivity contribution is 0.0131. The molecule has 0 aliphatic heterocycles. The van der Waals surface area contributed by atoms with Gasteiger partial charge in [0.1, 0.15) is 6.61 Å². The first-order chi connectivity index (χ1) is 13.3. The van der Waals surface area contributed by atoms with Crippen LogP contribution in [0.5, 0.6) is 5.75 Å². The molecule has 2 aromatic rings. The molecule has 1 N–H and O–H groups in total. The van der Waals surface area contributed by atoms with E-state index in [4.69, 9.17) is 9.47 Å². The minimum atomic E-state index is -3.35. The highest BCUT2D eigenvalue weighted by Crippen LogP contribution is 2.38. The van der Waals surface area contributed by atoms with Gasteiger partial charge in [0.2, 0.25) is 0 Å². The molecule has 0 spiro atoms. The fraction of sp³-hybridized carbons (Fsp3) is 0.550. The predicted molar refractivity (Wildman–Crippen MR) is 102 cm³/mol. The molecule has 1 aromatic carbocycles. The highest BCUT2D eigenvalue weighted by molar-refractivity contribution is 5.66. The van der Waals surface area contributed by atoms with Gasteiger partial charge < -0.3 is 14.4 Å². The molecule has 2 rings (SSSR count). The normalized spacial score (nSPS) is 12.0. The van der Waals surface area contributed by atoms with Crippen molar-refractivity contribution in [1.29, 1.82) is 0 Å². The first-order valence-corrected chi connectivity index (χ1v) is 9.32. The zero-order chi connectivity index (χ0) is 20.7. The van der Waals surface area contributed by atoms with Crippen molar-refractivity contribution in [3.05, 3.63) is 35.3 Å². The van der Waals surface area contributed by atoms with Gasteiger partial charge in [0.25, 0.3) is 5.92 Å². The highest BCUT2D eigenvalue weighted by atomic mass is 19.3. The van der Waals surface area contributed by atoms with Crippen LogP contribution in [-0.2, 0) is 17.2 Å². The fourth-order valence-electron chi connectivity index (χ4n) is 2.88. The van der Waals surface area contributed by atoms with Crippen molar-refractivity contribution in [3.63, 3.8) is 0 Å². The van der Waals surface area contributed by atoms with Crippen LogP contribution in [0.2, 0.25) is 0 Å². The van der Waals surface area contributed by atoms with Crippen molar-refractivity contribution in [2.24, 2.45) is 0 Å². The number of halogens is 3. The molecule has 0 saturated heterocycles. The van der Waals surface area contributed by atoms with Gasteiger partial charge in [-0.05, 0) is 32.1 Å². The predicted octanol–water partition coefficient (Wildman–Crippen LogP) is 4.58. The quantitative estimate of drug-likeness (QED) is 0.562. The first kappa shape index (κ1) is 22.2. The Balaban J connectivity index is 2.40. The standard InChI is InChI=1S/C20H28F3N3O2/c1-5-6-7-26(3)13-15-12-24-25-19(15)14-10-16(20(2,22)23)18(21)17(11-14)28-9-8-27-4/h10-12H,5-9,13H2,1-4H3,(H,24,25). The van der Waals surface area contributed by atoms with Crippen LogP contribution in [0.1, 0.15) is 37.8 Å². The number of benzene rings is 1. The maximum Gasteiger partial charge on any atom is 0.273 e. The number of rotatable bonds is 11. The Hall–Kier alpha value is -2.06. The van der Waals surface area contributed by atoms with Crippen molar-refractivity contribution in [1.82, 2.24) is 15.1 Å². The second kappa shape index (κ2) is 9.93. The minimum absolute atomic E-state index is 0.0567. The lowest BCUT2D eigenvalue weighted by Crippen LogP contribution is -2.19. The SMILES string of the molecule is CCCCN(C)Cc1cn[nH]c1-c1cc(OCCOC)c(F)c(C(C)(F)F)c1. The van der Waals surface area contributed by atoms with Gasteiger partial charge in [-0.2, -0.15) is 5.10 Å². The van der Waals surface area contributed by atoms with E-state index in [2.05, 4.69) is 22.0 Å². The van der Waals surface area contributed by atoms with Crippen molar-refractivity contribution in [2.45, 2.75) is 39.2 Å². The Bertz CT molecular complexity index is 760. The number of aromatic amines is 1. The summed E-state index contributed by atoms with van der Waals surface area (Å²) in [4.78, 5) is 2.13. The number of ether oxygens (including phenoxy) is 2. The molecule has 1 aromatic heterocycles. The van der Waals surface area contributed by atoms with E-state index in [1.807, 2.05) is 7.05 Å². The zero-order valence-corrected chi connectivity index (χ0v) is 16.8. The molecule has 0 atom stereocenters. The monoisotopic (exact) mass is 399 g/mol. The summed E-state index contributed by atoms with van der Waals surface area (Å²) in [5, 5.41) is 6.91. The van der Waals surface area contributed by atoms with Gasteiger partial charge in [0.15, 0.2) is 11.6 Å². The maximum absolute atomic E-state index is 14.6. The van der Waals surface area contributed by atoms with E-state index in [-0.39, 0.29) is 19.0 Å². The summed E-state index contributed by atoms with van der Waals surface area (Å²) >= 11 is 0. The van der Waals surface area contributed by atoms with Crippen LogP contribution in [0.15, 0.2) is 18.3 Å². The van der Waals surface area contributed by atoms with Gasteiger partial charge in [0, 0.05) is 31.7 Å². The van der Waals surface area contributed by atoms with Gasteiger partial charge in [-0.25, -0.2) is 13.2 Å². The van der Waals surface area contributed by atoms with E-state index in [1.54, 1.807) is 6.20 Å². The van der Waals surface area contributed by atoms with Crippen LogP contribution in [0, 0.1) is 5.82 Å². The molecule has 0 bridgehead atoms. The molecule has 0 unspecified atom stereocenters. The van der Waals surface area contributed by atoms with E-state index in [1.165, 1.54) is 13.2 Å². The fourth-order valence-corrected chi connectivity index (χ4v) is 2.88. The average molecular weight is 399 g/mol. The maximum atomic E-state index is 14.6. The number of unbranched alkanes of at least 4 members (excludes halogenated alkanes) is 1. The zero-order valence-electron chi connectivity index (χ0n) is 16.8. The van der Waals surface area contributed by atoms with E-state index < -0.39 is 17.3 Å². The summed E-state index contributed by atoms with van der Waals surface area (Å²) < 4.78 is 52.8. The van der Waals surface area contributed by atoms with Crippen LogP contribution in [0.3, 0.4) is 0 Å². The summed E-state index contributed by atoms with van der Waals surface area (Å²) in [7, 11) is 3.47. The second-order valence-corrected chi connectivity index (χ2v) is 6.93. The average Bonchev–Trinajstić information content (AvgIpc) is 3.08. The van der Waals surface area contributed by atoms with Gasteiger partial charge in [0.05, 0.1) is 24.1 Å². The van der Waals surface area contributed by atoms with E-state index in [0.29, 0.717) is 24.7 Å². The number of hydrogen-bond acceptors (Lipinski definition) is 4. The Kier molecular flexibility index (Phi) is 7.88. The summed E-state index contributed by atoms with van der Waals surface area (Å²) in [6.45, 7) is 4.57. The molecule has 28 heavy (non-hydrogen) atoms. The Morgan fingerprint density at radius 3 is 2.64 bits per heavy atom. The number of methoxy groups -OCH3 is 1. The summed E-state index contributed by atoms with van der Waals surface area (Å²) in [6.07, 6.45) is 3.80. The summed E-state index contributed by atoms with van der Waals surface area (Å²) in [6, 6.07) is 2.57. The van der Waals surface area contributed by atoms with Crippen molar-refractivity contribution in [3.8, 4) is 17.0 Å². The molecule has 156 valence electrons. The van der Waals surface area contributed by atoms with Gasteiger partial charge in [-0.15, -0.1) is 0 Å². The third-order valence-corrected chi connectivity index (χ3v) is 4.40. The smallest absolute Gasteiger partial charge is 0.273 e. The van der Waals surface area contributed by atoms with E-state index in [0.717, 1.165) is 31.0 Å². The number of H-pyrrole nitrogens is 1. The number of nitrogens with one attached hydrogen (secondary N) is 1. The second-order valence-electron chi connectivity index (χ2n) is 6.93. The van der Waals surface area contributed by atoms with Gasteiger partial charge >= 0.3 is 0 Å². The van der Waals surface area contributed by atoms with Crippen molar-refractivity contribution < 1.29 is 22.6 Å². The van der Waals surface area contributed by atoms with Crippen LogP contribution in [0.4, 0.5) is 13.2 Å². The van der Waals surface area contributed by atoms with Crippen LogP contribution in [0.25, 0.3) is 11.3 Å². The number of alkyl halides is 2. The molecule has 8 heteroatoms. The Labute approximate surface area is 163 Å². The lowest BCUT2D eigenvalue weighted by atomic mass is 10.0. The van der Waals surface area contributed by atoms with E-state index in [9.17, 15) is 13.2 Å². The lowest BCUT2D eigenvalue weighted by Gasteiger charge is -2.18. The van der Waals surface area contributed by atoms with Crippen LogP contribution >= 0.6 is 0 Å². The van der Waals surface area contributed by atoms with E-state index >= 15 is 0 Å². The molecular formula is C20H28F3N3O2. The van der Waals surface area contributed by atoms with Gasteiger partial charge in [-0.1, -0.05) is 13.3 Å². The van der Waals surface area contributed by atoms with Gasteiger partial charge in [-0.3, -0.25) is 5.10 Å². The third-order valence-electron chi connectivity index (χ3n) is 4.40. The first-order valence-electron chi connectivity index (χ1n) is 9.32. The van der Waals surface area contributed by atoms with Crippen LogP contribution < -0.4 is 4.74 Å². The molecule has 0 aliphatic rings. The number of nitrogens with zero attached hydrogens (tertiary/aromatic N) is 2. The molecule has 0 amide bonds. The number of hydrogen-bond donors (Lipinski definition) is 1. The molecule has 0 radical (unpaired) electrons. The van der Waals surface area contributed by atoms with Crippen molar-refractivity contribution in [2.75, 3.05) is 33.9 Å². The Morgan fingerprint density at radius 1 is 1.25 bits per heavy atom. The molecule has 0 aliphatic carbocycles. The van der Waals surface area contributed by atoms with Crippen molar-refractivity contribution >= 4 is 0 Å². The Morgan fingerprint density at radius 2 is 2.00 bits per heavy atom. The molecule has 1 heterocycles. The highest BCUT2D eigenvalue weighted by Gasteiger charge is 2.31. The molecular weight excluding hydrogens is 371 g/mol. The third kappa shape index (κ3) is 5.72. The summed E-state index contributed by atoms with van der Waals surface area (Å²) in [5.74, 6) is -4.64. The molecule has 0 fully saturated rings. The molecule has 0 saturated carbocycles. The molecule has 5 nitrogen and oxygen atoms in total. The summed E-state index contributed by atoms with van der Waals surface area (Å²) in [5.41, 5.74) is 1.11. The largest absolute Gasteiger partial charge is 0.488 e. The topological polar surface area (TPSA) is 50.4 Å². The van der Waals surface area contributed by atoms with Crippen LogP contribution in [-0.4, -0.2) is 49.0 Å².